The normalized spacial score (nSPS) is 14.6. The molecule has 0 aliphatic carbocycles. The number of nitrogens with one attached hydrogen (secondary N) is 1. The van der Waals surface area contributed by atoms with Gasteiger partial charge in [0.05, 0.1) is 18.9 Å². The molecule has 0 atom stereocenters. The summed E-state index contributed by atoms with van der Waals surface area (Å²) in [4.78, 5) is 22.9. The molecule has 9 heteroatoms. The molecule has 2 aromatic heterocycles. The predicted molar refractivity (Wildman–Crippen MR) is 131 cm³/mol. The highest BCUT2D eigenvalue weighted by atomic mass is 16.5. The molecule has 1 aliphatic heterocycles. The largest absolute Gasteiger partial charge is 0.496 e. The summed E-state index contributed by atoms with van der Waals surface area (Å²) in [7, 11) is 3.78. The number of ether oxygens (including phenoxy) is 1. The second-order valence-corrected chi connectivity index (χ2v) is 8.20. The van der Waals surface area contributed by atoms with Gasteiger partial charge in [-0.3, -0.25) is 0 Å². The zero-order valence-corrected chi connectivity index (χ0v) is 19.3. The molecule has 2 aromatic carbocycles. The number of aromatic nitrogens is 4. The van der Waals surface area contributed by atoms with Crippen LogP contribution < -0.4 is 15.0 Å². The second kappa shape index (κ2) is 9.88. The number of oxazole rings is 1. The zero-order chi connectivity index (χ0) is 23.3. The highest BCUT2D eigenvalue weighted by Gasteiger charge is 2.18. The summed E-state index contributed by atoms with van der Waals surface area (Å²) in [5.41, 5.74) is 2.56. The highest BCUT2D eigenvalue weighted by molar-refractivity contribution is 5.71. The van der Waals surface area contributed by atoms with Crippen LogP contribution in [0.1, 0.15) is 6.42 Å². The average Bonchev–Trinajstić information content (AvgIpc) is 3.32. The van der Waals surface area contributed by atoms with Gasteiger partial charge in [0.15, 0.2) is 18.0 Å². The van der Waals surface area contributed by atoms with Gasteiger partial charge in [0.1, 0.15) is 5.75 Å². The molecule has 1 fully saturated rings. The number of benzene rings is 2. The first-order valence-electron chi connectivity index (χ1n) is 11.3. The molecule has 0 amide bonds. The highest BCUT2D eigenvalue weighted by Crippen LogP contribution is 2.33. The molecule has 3 heterocycles. The fraction of sp³-hybridized carbons (Fsp3) is 0.280. The van der Waals surface area contributed by atoms with Crippen molar-refractivity contribution < 1.29 is 9.15 Å². The molecule has 1 saturated heterocycles. The minimum atomic E-state index is 0.482. The van der Waals surface area contributed by atoms with Crippen LogP contribution in [0.3, 0.4) is 0 Å². The molecule has 1 N–H and O–H groups in total. The van der Waals surface area contributed by atoms with Crippen molar-refractivity contribution in [2.45, 2.75) is 6.42 Å². The van der Waals surface area contributed by atoms with Gasteiger partial charge in [-0.25, -0.2) is 4.98 Å². The molecular weight excluding hydrogens is 430 g/mol. The monoisotopic (exact) mass is 457 g/mol. The molecule has 174 valence electrons. The Hall–Kier alpha value is -3.98. The molecule has 5 rings (SSSR count). The molecule has 0 saturated carbocycles. The topological polar surface area (TPSA) is 92.4 Å². The maximum absolute atomic E-state index is 5.59. The number of hydrogen-bond acceptors (Lipinski definition) is 9. The van der Waals surface area contributed by atoms with Crippen LogP contribution in [-0.2, 0) is 0 Å². The van der Waals surface area contributed by atoms with E-state index in [0.29, 0.717) is 29.2 Å². The van der Waals surface area contributed by atoms with E-state index in [1.54, 1.807) is 13.3 Å². The summed E-state index contributed by atoms with van der Waals surface area (Å²) in [6.07, 6.45) is 4.12. The maximum Gasteiger partial charge on any atom is 0.232 e. The van der Waals surface area contributed by atoms with Crippen molar-refractivity contribution in [2.24, 2.45) is 0 Å². The van der Waals surface area contributed by atoms with Crippen molar-refractivity contribution in [1.29, 1.82) is 0 Å². The van der Waals surface area contributed by atoms with Gasteiger partial charge in [0, 0.05) is 37.0 Å². The summed E-state index contributed by atoms with van der Waals surface area (Å²) >= 11 is 0. The Bertz CT molecular complexity index is 1230. The first-order valence-corrected chi connectivity index (χ1v) is 11.3. The molecule has 0 bridgehead atoms. The Labute approximate surface area is 198 Å². The third kappa shape index (κ3) is 4.84. The Morgan fingerprint density at radius 1 is 0.971 bits per heavy atom. The van der Waals surface area contributed by atoms with Crippen molar-refractivity contribution >= 4 is 17.6 Å². The lowest BCUT2D eigenvalue weighted by molar-refractivity contribution is 0.360. The lowest BCUT2D eigenvalue weighted by Crippen LogP contribution is -2.30. The van der Waals surface area contributed by atoms with Gasteiger partial charge in [-0.05, 0) is 32.1 Å². The van der Waals surface area contributed by atoms with Gasteiger partial charge in [0.25, 0.3) is 0 Å². The van der Waals surface area contributed by atoms with Gasteiger partial charge in [0.2, 0.25) is 11.9 Å². The number of anilines is 3. The standard InChI is InChI=1S/C25H27N7O2/c1-31-11-6-12-32(14-13-31)25-29-23(18-7-4-3-5-8-18)28-24(30-25)27-19-9-10-20(21(15-19)33-2)22-16-26-17-34-22/h3-5,7-10,15-17H,6,11-14H2,1-2H3,(H,27,28,29,30). The number of hydrogen-bond donors (Lipinski definition) is 1. The van der Waals surface area contributed by atoms with Crippen LogP contribution in [-0.4, -0.2) is 65.2 Å². The Morgan fingerprint density at radius 3 is 2.65 bits per heavy atom. The smallest absolute Gasteiger partial charge is 0.232 e. The summed E-state index contributed by atoms with van der Waals surface area (Å²) in [5, 5.41) is 3.34. The number of rotatable bonds is 6. The number of nitrogens with zero attached hydrogens (tertiary/aromatic N) is 6. The maximum atomic E-state index is 5.59. The summed E-state index contributed by atoms with van der Waals surface area (Å²) < 4.78 is 11.0. The van der Waals surface area contributed by atoms with E-state index in [0.717, 1.165) is 49.4 Å². The van der Waals surface area contributed by atoms with Gasteiger partial charge in [-0.2, -0.15) is 15.0 Å². The van der Waals surface area contributed by atoms with Crippen LogP contribution in [0.5, 0.6) is 5.75 Å². The van der Waals surface area contributed by atoms with E-state index in [2.05, 4.69) is 27.1 Å². The van der Waals surface area contributed by atoms with Gasteiger partial charge < -0.3 is 24.3 Å². The minimum Gasteiger partial charge on any atom is -0.496 e. The van der Waals surface area contributed by atoms with E-state index in [1.807, 2.05) is 48.5 Å². The second-order valence-electron chi connectivity index (χ2n) is 8.20. The zero-order valence-electron chi connectivity index (χ0n) is 19.3. The summed E-state index contributed by atoms with van der Waals surface area (Å²) in [5.74, 6) is 3.10. The lowest BCUT2D eigenvalue weighted by atomic mass is 10.1. The predicted octanol–water partition coefficient (Wildman–Crippen LogP) is 4.09. The first-order chi connectivity index (χ1) is 16.7. The molecule has 0 unspecified atom stereocenters. The van der Waals surface area contributed by atoms with E-state index in [1.165, 1.54) is 6.39 Å². The SMILES string of the molecule is COc1cc(Nc2nc(-c3ccccc3)nc(N3CCCN(C)CC3)n2)ccc1-c1cnco1. The molecule has 1 aliphatic rings. The van der Waals surface area contributed by atoms with Gasteiger partial charge in [-0.15, -0.1) is 0 Å². The molecular formula is C25H27N7O2. The van der Waals surface area contributed by atoms with Crippen LogP contribution in [0.15, 0.2) is 65.5 Å². The van der Waals surface area contributed by atoms with Crippen molar-refractivity contribution in [1.82, 2.24) is 24.8 Å². The fourth-order valence-electron chi connectivity index (χ4n) is 3.98. The van der Waals surface area contributed by atoms with E-state index in [-0.39, 0.29) is 0 Å². The fourth-order valence-corrected chi connectivity index (χ4v) is 3.98. The minimum absolute atomic E-state index is 0.482. The molecule has 4 aromatic rings. The van der Waals surface area contributed by atoms with E-state index in [9.17, 15) is 0 Å². The van der Waals surface area contributed by atoms with Crippen molar-refractivity contribution in [3.05, 3.63) is 61.1 Å². The van der Waals surface area contributed by atoms with Crippen LogP contribution in [0.4, 0.5) is 17.6 Å². The first kappa shape index (κ1) is 21.8. The van der Waals surface area contributed by atoms with Crippen LogP contribution in [0.25, 0.3) is 22.7 Å². The van der Waals surface area contributed by atoms with Crippen molar-refractivity contribution in [3.8, 4) is 28.5 Å². The van der Waals surface area contributed by atoms with E-state index >= 15 is 0 Å². The summed E-state index contributed by atoms with van der Waals surface area (Å²) in [6.45, 7) is 3.81. The van der Waals surface area contributed by atoms with Crippen molar-refractivity contribution in [3.63, 3.8) is 0 Å². The molecule has 9 nitrogen and oxygen atoms in total. The summed E-state index contributed by atoms with van der Waals surface area (Å²) in [6, 6.07) is 15.7. The van der Waals surface area contributed by atoms with E-state index < -0.39 is 0 Å². The number of methoxy groups -OCH3 is 1. The molecule has 0 spiro atoms. The average molecular weight is 458 g/mol. The molecule has 34 heavy (non-hydrogen) atoms. The Morgan fingerprint density at radius 2 is 1.85 bits per heavy atom. The third-order valence-corrected chi connectivity index (χ3v) is 5.81. The number of likely N-dealkylation sites (N-methyl/N-ethyl adjacent to an activating group) is 1. The van der Waals surface area contributed by atoms with Crippen LogP contribution in [0, 0.1) is 0 Å². The van der Waals surface area contributed by atoms with E-state index in [4.69, 9.17) is 24.1 Å². The third-order valence-electron chi connectivity index (χ3n) is 5.81. The lowest BCUT2D eigenvalue weighted by Gasteiger charge is -2.21. The van der Waals surface area contributed by atoms with Gasteiger partial charge in [-0.1, -0.05) is 30.3 Å². The van der Waals surface area contributed by atoms with Crippen LogP contribution >= 0.6 is 0 Å². The molecule has 0 radical (unpaired) electrons. The Balaban J connectivity index is 1.49. The van der Waals surface area contributed by atoms with Crippen molar-refractivity contribution in [2.75, 3.05) is 50.6 Å². The van der Waals surface area contributed by atoms with Gasteiger partial charge >= 0.3 is 0 Å². The van der Waals surface area contributed by atoms with Crippen LogP contribution in [0.2, 0.25) is 0 Å². The quantitative estimate of drug-likeness (QED) is 0.459. The Kier molecular flexibility index (Phi) is 6.35.